The van der Waals surface area contributed by atoms with E-state index >= 15 is 0 Å². The van der Waals surface area contributed by atoms with Crippen LogP contribution >= 0.6 is 0 Å². The van der Waals surface area contributed by atoms with Crippen LogP contribution in [0.3, 0.4) is 0 Å². The van der Waals surface area contributed by atoms with Gasteiger partial charge in [0.05, 0.1) is 31.0 Å². The zero-order valence-corrected chi connectivity index (χ0v) is 21.0. The van der Waals surface area contributed by atoms with Crippen LogP contribution in [0.5, 0.6) is 0 Å². The molecule has 0 aliphatic carbocycles. The van der Waals surface area contributed by atoms with Crippen LogP contribution < -0.4 is 4.90 Å². The van der Waals surface area contributed by atoms with E-state index in [1.165, 1.54) is 30.4 Å². The number of hydrogen-bond donors (Lipinski definition) is 1. The van der Waals surface area contributed by atoms with E-state index in [1.54, 1.807) is 0 Å². The summed E-state index contributed by atoms with van der Waals surface area (Å²) < 4.78 is 13.2. The molecule has 0 spiro atoms. The van der Waals surface area contributed by atoms with Crippen molar-refractivity contribution >= 4 is 16.7 Å². The number of aliphatic hydroxyl groups is 1. The maximum absolute atomic E-state index is 10.4. The fourth-order valence-corrected chi connectivity index (χ4v) is 6.70. The van der Waals surface area contributed by atoms with Gasteiger partial charge in [0.25, 0.3) is 0 Å². The number of likely N-dealkylation sites (tertiary alicyclic amines) is 1. The van der Waals surface area contributed by atoms with Crippen molar-refractivity contribution in [2.45, 2.75) is 63.3 Å². The van der Waals surface area contributed by atoms with Crippen LogP contribution in [0, 0.1) is 13.8 Å². The van der Waals surface area contributed by atoms with Gasteiger partial charge in [0, 0.05) is 30.6 Å². The third kappa shape index (κ3) is 3.72. The first kappa shape index (κ1) is 22.6. The first-order valence-corrected chi connectivity index (χ1v) is 13.3. The van der Waals surface area contributed by atoms with Gasteiger partial charge in [-0.3, -0.25) is 4.90 Å². The number of aromatic nitrogens is 4. The number of hydrogen-bond acceptors (Lipinski definition) is 8. The summed E-state index contributed by atoms with van der Waals surface area (Å²) in [5, 5.41) is 16.3. The number of nitrogens with zero attached hydrogens (tertiary/aromatic N) is 6. The number of morpholine rings is 1. The van der Waals surface area contributed by atoms with Crippen molar-refractivity contribution in [3.63, 3.8) is 0 Å². The van der Waals surface area contributed by atoms with Crippen molar-refractivity contribution in [1.29, 1.82) is 0 Å². The molecule has 4 fully saturated rings. The number of piperidine rings is 1. The highest BCUT2D eigenvalue weighted by molar-refractivity contribution is 5.82. The third-order valence-electron chi connectivity index (χ3n) is 8.70. The highest BCUT2D eigenvalue weighted by Crippen LogP contribution is 2.36. The molecule has 0 radical (unpaired) electrons. The number of fused-ring (bicyclic) bond motifs is 3. The summed E-state index contributed by atoms with van der Waals surface area (Å²) in [5.74, 6) is 2.84. The molecule has 7 rings (SSSR count). The summed E-state index contributed by atoms with van der Waals surface area (Å²) in [6.45, 7) is 9.39. The first-order valence-electron chi connectivity index (χ1n) is 13.3. The lowest BCUT2D eigenvalue weighted by molar-refractivity contribution is 0.0549. The number of aliphatic hydroxyl groups excluding tert-OH is 1. The molecule has 4 aliphatic heterocycles. The average Bonchev–Trinajstić information content (AvgIpc) is 3.68. The van der Waals surface area contributed by atoms with Crippen molar-refractivity contribution < 1.29 is 14.6 Å². The predicted molar refractivity (Wildman–Crippen MR) is 136 cm³/mol. The molecule has 2 aromatic heterocycles. The van der Waals surface area contributed by atoms with E-state index in [2.05, 4.69) is 28.9 Å². The zero-order chi connectivity index (χ0) is 24.4. The summed E-state index contributed by atoms with van der Waals surface area (Å²) >= 11 is 0. The maximum atomic E-state index is 10.4. The summed E-state index contributed by atoms with van der Waals surface area (Å²) in [6.07, 6.45) is 4.84. The highest BCUT2D eigenvalue weighted by atomic mass is 16.5. The molecular weight excluding hydrogens is 456 g/mol. The molecule has 9 nitrogen and oxygen atoms in total. The molecule has 4 saturated heterocycles. The van der Waals surface area contributed by atoms with E-state index < -0.39 is 6.10 Å². The van der Waals surface area contributed by atoms with Gasteiger partial charge in [0.2, 0.25) is 0 Å². The maximum Gasteiger partial charge on any atom is 0.159 e. The Bertz CT molecular complexity index is 1280. The molecule has 3 aromatic rings. The largest absolute Gasteiger partial charge is 0.388 e. The minimum atomic E-state index is -0.465. The molecule has 6 heterocycles. The van der Waals surface area contributed by atoms with E-state index in [0.29, 0.717) is 30.9 Å². The van der Waals surface area contributed by atoms with E-state index in [1.807, 2.05) is 23.9 Å². The second-order valence-electron chi connectivity index (χ2n) is 10.9. The lowest BCUT2D eigenvalue weighted by Crippen LogP contribution is -2.41. The van der Waals surface area contributed by atoms with E-state index in [9.17, 15) is 5.11 Å². The Morgan fingerprint density at radius 2 is 1.83 bits per heavy atom. The Morgan fingerprint density at radius 1 is 1.00 bits per heavy atom. The predicted octanol–water partition coefficient (Wildman–Crippen LogP) is 2.35. The molecular formula is C27H34N6O3. The molecule has 36 heavy (non-hydrogen) atoms. The Kier molecular flexibility index (Phi) is 5.50. The number of benzene rings is 1. The lowest BCUT2D eigenvalue weighted by atomic mass is 9.86. The van der Waals surface area contributed by atoms with Crippen LogP contribution in [0.15, 0.2) is 24.4 Å². The van der Waals surface area contributed by atoms with Gasteiger partial charge in [-0.15, -0.1) is 0 Å². The van der Waals surface area contributed by atoms with Gasteiger partial charge >= 0.3 is 0 Å². The van der Waals surface area contributed by atoms with Gasteiger partial charge in [-0.2, -0.15) is 5.10 Å². The van der Waals surface area contributed by atoms with Gasteiger partial charge in [0.1, 0.15) is 23.9 Å². The van der Waals surface area contributed by atoms with E-state index in [-0.39, 0.29) is 12.1 Å². The van der Waals surface area contributed by atoms with Crippen molar-refractivity contribution in [1.82, 2.24) is 24.6 Å². The van der Waals surface area contributed by atoms with Crippen molar-refractivity contribution in [2.75, 3.05) is 44.4 Å². The second-order valence-corrected chi connectivity index (χ2v) is 10.9. The minimum absolute atomic E-state index is 0.0533. The topological polar surface area (TPSA) is 88.8 Å². The van der Waals surface area contributed by atoms with E-state index in [4.69, 9.17) is 24.5 Å². The zero-order valence-electron chi connectivity index (χ0n) is 21.0. The van der Waals surface area contributed by atoms with Crippen LogP contribution in [-0.2, 0) is 9.47 Å². The Labute approximate surface area is 211 Å². The minimum Gasteiger partial charge on any atom is -0.388 e. The fraction of sp³-hybridized carbons (Fsp3) is 0.593. The van der Waals surface area contributed by atoms with Crippen LogP contribution in [-0.4, -0.2) is 93.5 Å². The third-order valence-corrected chi connectivity index (χ3v) is 8.70. The molecule has 0 saturated carbocycles. The van der Waals surface area contributed by atoms with Gasteiger partial charge < -0.3 is 19.5 Å². The smallest absolute Gasteiger partial charge is 0.159 e. The van der Waals surface area contributed by atoms with Crippen LogP contribution in [0.4, 0.5) is 5.82 Å². The SMILES string of the molecule is Cc1nc(N2CC3OCC2C3O)cc(-n2ncc3cc(C)c(C4CCN([C@H]5CCOC5)CC4)cc32)n1. The van der Waals surface area contributed by atoms with Crippen molar-refractivity contribution in [3.8, 4) is 5.82 Å². The lowest BCUT2D eigenvalue weighted by Gasteiger charge is -2.36. The van der Waals surface area contributed by atoms with Crippen LogP contribution in [0.2, 0.25) is 0 Å². The molecule has 0 amide bonds. The fourth-order valence-electron chi connectivity index (χ4n) is 6.70. The second kappa shape index (κ2) is 8.76. The summed E-state index contributed by atoms with van der Waals surface area (Å²) in [5.41, 5.74) is 3.85. The molecule has 3 unspecified atom stereocenters. The van der Waals surface area contributed by atoms with Gasteiger partial charge in [-0.05, 0) is 75.4 Å². The molecule has 9 heteroatoms. The molecule has 2 bridgehead atoms. The number of aryl methyl sites for hydroxylation is 2. The number of ether oxygens (including phenoxy) is 2. The molecule has 4 atom stereocenters. The van der Waals surface area contributed by atoms with Crippen molar-refractivity contribution in [2.24, 2.45) is 0 Å². The molecule has 1 aromatic carbocycles. The van der Waals surface area contributed by atoms with Crippen molar-refractivity contribution in [3.05, 3.63) is 41.3 Å². The number of anilines is 1. The number of rotatable bonds is 4. The normalized spacial score (nSPS) is 29.1. The molecule has 1 N–H and O–H groups in total. The summed E-state index contributed by atoms with van der Waals surface area (Å²) in [6, 6.07) is 7.15. The summed E-state index contributed by atoms with van der Waals surface area (Å²) in [7, 11) is 0. The Morgan fingerprint density at radius 3 is 2.56 bits per heavy atom. The Balaban J connectivity index is 1.19. The van der Waals surface area contributed by atoms with Crippen LogP contribution in [0.1, 0.15) is 42.1 Å². The molecule has 190 valence electrons. The van der Waals surface area contributed by atoms with Gasteiger partial charge in [-0.25, -0.2) is 14.6 Å². The summed E-state index contributed by atoms with van der Waals surface area (Å²) in [4.78, 5) is 14.2. The van der Waals surface area contributed by atoms with E-state index in [0.717, 1.165) is 48.8 Å². The van der Waals surface area contributed by atoms with Gasteiger partial charge in [0.15, 0.2) is 5.82 Å². The average molecular weight is 491 g/mol. The standard InChI is InChI=1S/C27H34N6O3/c1-16-9-19-12-28-33(22(19)10-21(16)18-3-6-31(7-4-18)20-5-8-35-14-20)26-11-25(29-17(2)30-26)32-13-24-27(34)23(32)15-36-24/h9-12,18,20,23-24,27,34H,3-8,13-15H2,1-2H3/t20-,23?,24?,27?/m0/s1. The van der Waals surface area contributed by atoms with Gasteiger partial charge in [-0.1, -0.05) is 0 Å². The highest BCUT2D eigenvalue weighted by Gasteiger charge is 2.48. The monoisotopic (exact) mass is 490 g/mol. The molecule has 4 aliphatic rings. The van der Waals surface area contributed by atoms with Crippen LogP contribution in [0.25, 0.3) is 16.7 Å². The first-order chi connectivity index (χ1) is 17.5. The quantitative estimate of drug-likeness (QED) is 0.596. The Hall–Kier alpha value is -2.59.